The number of hydrogen-bond acceptors (Lipinski definition) is 8. The van der Waals surface area contributed by atoms with Crippen LogP contribution in [0.25, 0.3) is 0 Å². The zero-order chi connectivity index (χ0) is 24.4. The third-order valence-electron chi connectivity index (χ3n) is 5.33. The fraction of sp³-hybridized carbons (Fsp3) is 0.217. The number of hydrogen-bond donors (Lipinski definition) is 3. The molecule has 3 aromatic rings. The first-order chi connectivity index (χ1) is 17.0. The van der Waals surface area contributed by atoms with Crippen LogP contribution in [0.4, 0.5) is 11.5 Å². The van der Waals surface area contributed by atoms with Crippen molar-refractivity contribution in [3.63, 3.8) is 0 Å². The van der Waals surface area contributed by atoms with Gasteiger partial charge in [-0.3, -0.25) is 24.4 Å². The quantitative estimate of drug-likeness (QED) is 0.451. The van der Waals surface area contributed by atoms with Crippen LogP contribution in [0.15, 0.2) is 57.8 Å². The fourth-order valence-electron chi connectivity index (χ4n) is 3.74. The number of nitrogens with zero attached hydrogens (tertiary/aromatic N) is 4. The maximum absolute atomic E-state index is 12.9. The van der Waals surface area contributed by atoms with Crippen LogP contribution in [0.1, 0.15) is 22.6 Å². The number of aryl methyl sites for hydroxylation is 1. The minimum atomic E-state index is -0.829. The van der Waals surface area contributed by atoms with E-state index in [2.05, 4.69) is 25.8 Å². The molecule has 2 aromatic heterocycles. The van der Waals surface area contributed by atoms with Crippen LogP contribution in [-0.4, -0.2) is 55.6 Å². The largest absolute Gasteiger partial charge is 0.351 e. The van der Waals surface area contributed by atoms with Crippen molar-refractivity contribution < 1.29 is 14.4 Å². The predicted molar refractivity (Wildman–Crippen MR) is 136 cm³/mol. The zero-order valence-electron chi connectivity index (χ0n) is 18.6. The number of anilines is 1. The van der Waals surface area contributed by atoms with Gasteiger partial charge in [0.25, 0.3) is 5.91 Å². The van der Waals surface area contributed by atoms with Gasteiger partial charge in [-0.05, 0) is 30.5 Å². The van der Waals surface area contributed by atoms with Crippen LogP contribution < -0.4 is 10.6 Å². The number of carbonyl (C=O) groups excluding carboxylic acids is 3. The van der Waals surface area contributed by atoms with Gasteiger partial charge >= 0.3 is 0 Å². The number of fused-ring (bicyclic) bond motifs is 3. The van der Waals surface area contributed by atoms with Gasteiger partial charge in [0.15, 0.2) is 11.0 Å². The Morgan fingerprint density at radius 2 is 2.03 bits per heavy atom. The molecule has 3 amide bonds. The van der Waals surface area contributed by atoms with Crippen molar-refractivity contribution in [1.29, 1.82) is 0 Å². The summed E-state index contributed by atoms with van der Waals surface area (Å²) >= 11 is 2.73. The van der Waals surface area contributed by atoms with Crippen LogP contribution in [0.2, 0.25) is 0 Å². The van der Waals surface area contributed by atoms with Crippen LogP contribution in [0.3, 0.4) is 0 Å². The third kappa shape index (κ3) is 5.03. The third-order valence-corrected chi connectivity index (χ3v) is 7.16. The number of nitrogens with one attached hydrogen (secondary N) is 3. The molecule has 3 N–H and O–H groups in total. The SMILES string of the molecule is Cc1cc(NC(=O)CSC2=Nc3ccccc3C3=NC(=O)C(CC(=O)NCc4cccs4)N23)n[nH]1. The van der Waals surface area contributed by atoms with E-state index >= 15 is 0 Å². The number of amides is 3. The Kier molecular flexibility index (Phi) is 6.47. The monoisotopic (exact) mass is 507 g/mol. The van der Waals surface area contributed by atoms with E-state index in [4.69, 9.17) is 4.99 Å². The number of para-hydroxylation sites is 1. The molecule has 0 aliphatic carbocycles. The lowest BCUT2D eigenvalue weighted by molar-refractivity contribution is -0.126. The zero-order valence-corrected chi connectivity index (χ0v) is 20.3. The summed E-state index contributed by atoms with van der Waals surface area (Å²) in [5.41, 5.74) is 2.20. The molecule has 0 fully saturated rings. The highest BCUT2D eigenvalue weighted by Gasteiger charge is 2.42. The Balaban J connectivity index is 1.32. The first-order valence-electron chi connectivity index (χ1n) is 10.8. The fourth-order valence-corrected chi connectivity index (χ4v) is 5.23. The molecule has 10 nitrogen and oxygen atoms in total. The summed E-state index contributed by atoms with van der Waals surface area (Å²) in [6.45, 7) is 2.24. The normalized spacial score (nSPS) is 16.3. The molecule has 2 aliphatic rings. The number of aromatic nitrogens is 2. The highest BCUT2D eigenvalue weighted by molar-refractivity contribution is 8.14. The molecule has 1 atom stereocenters. The molecular weight excluding hydrogens is 486 g/mol. The second-order valence-electron chi connectivity index (χ2n) is 7.90. The molecule has 0 bridgehead atoms. The molecule has 35 heavy (non-hydrogen) atoms. The van der Waals surface area contributed by atoms with E-state index in [9.17, 15) is 14.4 Å². The summed E-state index contributed by atoms with van der Waals surface area (Å²) in [5.74, 6) is -0.0131. The lowest BCUT2D eigenvalue weighted by atomic mass is 10.1. The lowest BCUT2D eigenvalue weighted by Gasteiger charge is -2.30. The predicted octanol–water partition coefficient (Wildman–Crippen LogP) is 2.82. The first-order valence-corrected chi connectivity index (χ1v) is 12.7. The van der Waals surface area contributed by atoms with Gasteiger partial charge in [0.1, 0.15) is 11.9 Å². The molecule has 5 rings (SSSR count). The lowest BCUT2D eigenvalue weighted by Crippen LogP contribution is -2.46. The van der Waals surface area contributed by atoms with Gasteiger partial charge in [0, 0.05) is 22.2 Å². The van der Waals surface area contributed by atoms with Crippen molar-refractivity contribution in [1.82, 2.24) is 20.4 Å². The average molecular weight is 508 g/mol. The molecule has 0 radical (unpaired) electrons. The number of aromatic amines is 1. The summed E-state index contributed by atoms with van der Waals surface area (Å²) in [4.78, 5) is 49.7. The van der Waals surface area contributed by atoms with E-state index in [0.29, 0.717) is 34.6 Å². The molecule has 2 aliphatic heterocycles. The number of thiophene rings is 1. The average Bonchev–Trinajstić information content (AvgIpc) is 3.58. The van der Waals surface area contributed by atoms with E-state index in [1.165, 1.54) is 11.8 Å². The Bertz CT molecular complexity index is 1350. The number of amidine groups is 2. The molecule has 1 unspecified atom stereocenters. The number of benzene rings is 1. The van der Waals surface area contributed by atoms with Crippen molar-refractivity contribution >= 4 is 63.3 Å². The van der Waals surface area contributed by atoms with Gasteiger partial charge in [-0.2, -0.15) is 10.1 Å². The van der Waals surface area contributed by atoms with E-state index in [0.717, 1.165) is 10.6 Å². The number of H-pyrrole nitrogens is 1. The van der Waals surface area contributed by atoms with E-state index in [1.54, 1.807) is 22.3 Å². The molecule has 0 spiro atoms. The van der Waals surface area contributed by atoms with Gasteiger partial charge in [0.05, 0.1) is 24.4 Å². The van der Waals surface area contributed by atoms with E-state index < -0.39 is 11.9 Å². The standard InChI is InChI=1S/C23H21N7O3S2/c1-13-9-18(29-28-13)26-20(32)12-35-23-25-16-7-3-2-6-15(16)21-27-22(33)17(30(21)23)10-19(31)24-11-14-5-4-8-34-14/h2-9,17H,10-12H2,1H3,(H,24,31)(H2,26,28,29,32). The Morgan fingerprint density at radius 1 is 1.17 bits per heavy atom. The maximum Gasteiger partial charge on any atom is 0.271 e. The molecule has 0 saturated heterocycles. The van der Waals surface area contributed by atoms with Gasteiger partial charge in [-0.25, -0.2) is 4.99 Å². The number of carbonyl (C=O) groups is 3. The second kappa shape index (κ2) is 9.84. The van der Waals surface area contributed by atoms with Gasteiger partial charge in [0.2, 0.25) is 11.8 Å². The second-order valence-corrected chi connectivity index (χ2v) is 9.88. The highest BCUT2D eigenvalue weighted by Crippen LogP contribution is 2.34. The summed E-state index contributed by atoms with van der Waals surface area (Å²) in [6, 6.07) is 12.1. The molecular formula is C23H21N7O3S2. The smallest absolute Gasteiger partial charge is 0.271 e. The number of thioether (sulfide) groups is 1. The Morgan fingerprint density at radius 3 is 2.80 bits per heavy atom. The molecule has 178 valence electrons. The minimum absolute atomic E-state index is 0.0438. The molecule has 12 heteroatoms. The highest BCUT2D eigenvalue weighted by atomic mass is 32.2. The van der Waals surface area contributed by atoms with Crippen molar-refractivity contribution in [3.8, 4) is 0 Å². The molecule has 0 saturated carbocycles. The van der Waals surface area contributed by atoms with Gasteiger partial charge < -0.3 is 10.6 Å². The number of aliphatic imine (C=N–C) groups is 2. The van der Waals surface area contributed by atoms with Gasteiger partial charge in [-0.15, -0.1) is 11.3 Å². The van der Waals surface area contributed by atoms with Crippen molar-refractivity contribution in [2.45, 2.75) is 25.9 Å². The van der Waals surface area contributed by atoms with E-state index in [-0.39, 0.29) is 24.0 Å². The summed E-state index contributed by atoms with van der Waals surface area (Å²) < 4.78 is 0. The van der Waals surface area contributed by atoms with Crippen molar-refractivity contribution in [2.24, 2.45) is 9.98 Å². The Hall–Kier alpha value is -3.77. The van der Waals surface area contributed by atoms with Crippen LogP contribution in [0, 0.1) is 6.92 Å². The topological polar surface area (TPSA) is 132 Å². The Labute approximate surface area is 208 Å². The summed E-state index contributed by atoms with van der Waals surface area (Å²) in [6.07, 6.45) is -0.0717. The maximum atomic E-state index is 12.9. The number of rotatable bonds is 7. The van der Waals surface area contributed by atoms with Crippen LogP contribution in [-0.2, 0) is 20.9 Å². The molecule has 4 heterocycles. The van der Waals surface area contributed by atoms with Gasteiger partial charge in [-0.1, -0.05) is 30.0 Å². The van der Waals surface area contributed by atoms with Crippen LogP contribution >= 0.6 is 23.1 Å². The summed E-state index contributed by atoms with van der Waals surface area (Å²) in [7, 11) is 0. The molecule has 1 aromatic carbocycles. The van der Waals surface area contributed by atoms with Crippen molar-refractivity contribution in [3.05, 3.63) is 64.0 Å². The minimum Gasteiger partial charge on any atom is -0.351 e. The van der Waals surface area contributed by atoms with E-state index in [1.807, 2.05) is 48.7 Å². The first kappa shape index (κ1) is 23.0. The van der Waals surface area contributed by atoms with Crippen molar-refractivity contribution in [2.75, 3.05) is 11.1 Å². The summed E-state index contributed by atoms with van der Waals surface area (Å²) in [5, 5.41) is 14.8. The van der Waals surface area contributed by atoms with Crippen LogP contribution in [0.5, 0.6) is 0 Å².